The van der Waals surface area contributed by atoms with Gasteiger partial charge in [-0.3, -0.25) is 4.90 Å². The van der Waals surface area contributed by atoms with Crippen LogP contribution in [0.25, 0.3) is 11.3 Å². The van der Waals surface area contributed by atoms with Crippen molar-refractivity contribution in [3.05, 3.63) is 48.2 Å². The van der Waals surface area contributed by atoms with Crippen molar-refractivity contribution in [2.45, 2.75) is 19.4 Å². The molecule has 0 atom stereocenters. The molecule has 0 unspecified atom stereocenters. The highest BCUT2D eigenvalue weighted by Gasteiger charge is 2.11. The molecule has 0 aliphatic carbocycles. The Labute approximate surface area is 102 Å². The summed E-state index contributed by atoms with van der Waals surface area (Å²) < 4.78 is 0. The van der Waals surface area contributed by atoms with E-state index in [0.29, 0.717) is 0 Å². The Bertz CT molecular complexity index is 450. The predicted octanol–water partition coefficient (Wildman–Crippen LogP) is 3.28. The van der Waals surface area contributed by atoms with Crippen LogP contribution in [0.15, 0.2) is 42.6 Å². The number of likely N-dealkylation sites (tertiary alicyclic amines) is 1. The SMILES string of the molecule is c1c[nH]c(-c2ccc(CN3CCCC3)cc2)c1. The predicted molar refractivity (Wildman–Crippen MR) is 70.7 cm³/mol. The molecule has 1 fully saturated rings. The minimum Gasteiger partial charge on any atom is -0.361 e. The Hall–Kier alpha value is -1.54. The highest BCUT2D eigenvalue weighted by Crippen LogP contribution is 2.19. The van der Waals surface area contributed by atoms with E-state index in [1.165, 1.54) is 42.8 Å². The molecule has 0 bridgehead atoms. The molecule has 1 aliphatic heterocycles. The van der Waals surface area contributed by atoms with Crippen LogP contribution >= 0.6 is 0 Å². The van der Waals surface area contributed by atoms with Gasteiger partial charge in [0.2, 0.25) is 0 Å². The Balaban J connectivity index is 1.71. The van der Waals surface area contributed by atoms with Gasteiger partial charge in [0.15, 0.2) is 0 Å². The number of aromatic nitrogens is 1. The molecule has 1 saturated heterocycles. The molecule has 17 heavy (non-hydrogen) atoms. The Morgan fingerprint density at radius 2 is 1.76 bits per heavy atom. The fraction of sp³-hybridized carbons (Fsp3) is 0.333. The van der Waals surface area contributed by atoms with Crippen LogP contribution in [0.2, 0.25) is 0 Å². The molecule has 2 nitrogen and oxygen atoms in total. The van der Waals surface area contributed by atoms with Crippen LogP contribution in [-0.4, -0.2) is 23.0 Å². The van der Waals surface area contributed by atoms with Crippen LogP contribution in [0.5, 0.6) is 0 Å². The lowest BCUT2D eigenvalue weighted by Crippen LogP contribution is -2.18. The number of hydrogen-bond donors (Lipinski definition) is 1. The third kappa shape index (κ3) is 2.42. The Morgan fingerprint density at radius 3 is 2.41 bits per heavy atom. The summed E-state index contributed by atoms with van der Waals surface area (Å²) in [6.07, 6.45) is 4.69. The summed E-state index contributed by atoms with van der Waals surface area (Å²) in [5, 5.41) is 0. The van der Waals surface area contributed by atoms with E-state index in [1.54, 1.807) is 0 Å². The fourth-order valence-corrected chi connectivity index (χ4v) is 2.50. The Morgan fingerprint density at radius 1 is 1.00 bits per heavy atom. The van der Waals surface area contributed by atoms with Crippen LogP contribution in [0.4, 0.5) is 0 Å². The minimum atomic E-state index is 1.10. The number of H-pyrrole nitrogens is 1. The first-order valence-electron chi connectivity index (χ1n) is 6.37. The second-order valence-electron chi connectivity index (χ2n) is 4.76. The van der Waals surface area contributed by atoms with Gasteiger partial charge in [0, 0.05) is 18.4 Å². The van der Waals surface area contributed by atoms with Crippen LogP contribution in [-0.2, 0) is 6.54 Å². The second kappa shape index (κ2) is 4.76. The van der Waals surface area contributed by atoms with Crippen LogP contribution in [0.1, 0.15) is 18.4 Å². The average Bonchev–Trinajstić information content (AvgIpc) is 3.01. The van der Waals surface area contributed by atoms with E-state index in [9.17, 15) is 0 Å². The fourth-order valence-electron chi connectivity index (χ4n) is 2.50. The van der Waals surface area contributed by atoms with Gasteiger partial charge in [0.05, 0.1) is 0 Å². The first kappa shape index (κ1) is 10.6. The van der Waals surface area contributed by atoms with Gasteiger partial charge in [-0.2, -0.15) is 0 Å². The van der Waals surface area contributed by atoms with Gasteiger partial charge in [0.25, 0.3) is 0 Å². The van der Waals surface area contributed by atoms with E-state index in [4.69, 9.17) is 0 Å². The first-order valence-corrected chi connectivity index (χ1v) is 6.37. The molecular weight excluding hydrogens is 208 g/mol. The third-order valence-corrected chi connectivity index (χ3v) is 3.47. The number of benzene rings is 1. The molecule has 1 aliphatic rings. The molecule has 2 heteroatoms. The normalized spacial score (nSPS) is 16.5. The first-order chi connectivity index (χ1) is 8.42. The number of aromatic amines is 1. The van der Waals surface area contributed by atoms with Gasteiger partial charge in [-0.25, -0.2) is 0 Å². The molecule has 3 rings (SSSR count). The standard InChI is InChI=1S/C15H18N2/c1-2-11-17(10-1)12-13-5-7-14(8-6-13)15-4-3-9-16-15/h3-9,16H,1-2,10-12H2. The zero-order chi connectivity index (χ0) is 11.5. The summed E-state index contributed by atoms with van der Waals surface area (Å²) in [5.74, 6) is 0. The maximum absolute atomic E-state index is 3.24. The van der Waals surface area contributed by atoms with Crippen molar-refractivity contribution in [1.29, 1.82) is 0 Å². The van der Waals surface area contributed by atoms with Crippen molar-refractivity contribution in [2.24, 2.45) is 0 Å². The molecular formula is C15H18N2. The molecule has 0 radical (unpaired) electrons. The van der Waals surface area contributed by atoms with Gasteiger partial charge in [-0.05, 0) is 49.2 Å². The third-order valence-electron chi connectivity index (χ3n) is 3.47. The maximum atomic E-state index is 3.24. The van der Waals surface area contributed by atoms with Crippen molar-refractivity contribution < 1.29 is 0 Å². The molecule has 88 valence electrons. The van der Waals surface area contributed by atoms with Crippen molar-refractivity contribution in [3.8, 4) is 11.3 Å². The van der Waals surface area contributed by atoms with E-state index < -0.39 is 0 Å². The molecule has 0 amide bonds. The maximum Gasteiger partial charge on any atom is 0.0453 e. The van der Waals surface area contributed by atoms with Gasteiger partial charge >= 0.3 is 0 Å². The number of hydrogen-bond acceptors (Lipinski definition) is 1. The summed E-state index contributed by atoms with van der Waals surface area (Å²) in [4.78, 5) is 5.77. The summed E-state index contributed by atoms with van der Waals surface area (Å²) >= 11 is 0. The van der Waals surface area contributed by atoms with Crippen LogP contribution in [0, 0.1) is 0 Å². The van der Waals surface area contributed by atoms with E-state index in [0.717, 1.165) is 6.54 Å². The van der Waals surface area contributed by atoms with Gasteiger partial charge in [-0.1, -0.05) is 24.3 Å². The molecule has 1 aromatic heterocycles. The highest BCUT2D eigenvalue weighted by atomic mass is 15.1. The van der Waals surface area contributed by atoms with E-state index in [2.05, 4.69) is 40.2 Å². The summed E-state index contributed by atoms with van der Waals surface area (Å²) in [6.45, 7) is 3.63. The van der Waals surface area contributed by atoms with Crippen molar-refractivity contribution in [3.63, 3.8) is 0 Å². The lowest BCUT2D eigenvalue weighted by atomic mass is 10.1. The molecule has 0 saturated carbocycles. The van der Waals surface area contributed by atoms with Crippen molar-refractivity contribution >= 4 is 0 Å². The lowest BCUT2D eigenvalue weighted by Gasteiger charge is -2.14. The van der Waals surface area contributed by atoms with Gasteiger partial charge < -0.3 is 4.98 Å². The zero-order valence-electron chi connectivity index (χ0n) is 10.0. The van der Waals surface area contributed by atoms with E-state index in [-0.39, 0.29) is 0 Å². The Kier molecular flexibility index (Phi) is 2.97. The highest BCUT2D eigenvalue weighted by molar-refractivity contribution is 5.59. The van der Waals surface area contributed by atoms with Crippen LogP contribution < -0.4 is 0 Å². The van der Waals surface area contributed by atoms with Crippen LogP contribution in [0.3, 0.4) is 0 Å². The molecule has 0 spiro atoms. The average molecular weight is 226 g/mol. The molecule has 1 aromatic carbocycles. The summed E-state index contributed by atoms with van der Waals surface area (Å²) in [7, 11) is 0. The number of nitrogens with zero attached hydrogens (tertiary/aromatic N) is 1. The lowest BCUT2D eigenvalue weighted by molar-refractivity contribution is 0.331. The quantitative estimate of drug-likeness (QED) is 0.851. The van der Waals surface area contributed by atoms with Crippen molar-refractivity contribution in [1.82, 2.24) is 9.88 Å². The summed E-state index contributed by atoms with van der Waals surface area (Å²) in [5.41, 5.74) is 3.88. The number of nitrogens with one attached hydrogen (secondary N) is 1. The monoisotopic (exact) mass is 226 g/mol. The second-order valence-corrected chi connectivity index (χ2v) is 4.76. The van der Waals surface area contributed by atoms with Gasteiger partial charge in [0.1, 0.15) is 0 Å². The number of rotatable bonds is 3. The van der Waals surface area contributed by atoms with E-state index in [1.807, 2.05) is 12.3 Å². The smallest absolute Gasteiger partial charge is 0.0453 e. The van der Waals surface area contributed by atoms with E-state index >= 15 is 0 Å². The molecule has 2 aromatic rings. The zero-order valence-corrected chi connectivity index (χ0v) is 10.0. The topological polar surface area (TPSA) is 19.0 Å². The van der Waals surface area contributed by atoms with Crippen molar-refractivity contribution in [2.75, 3.05) is 13.1 Å². The summed E-state index contributed by atoms with van der Waals surface area (Å²) in [6, 6.07) is 13.0. The largest absolute Gasteiger partial charge is 0.361 e. The molecule has 1 N–H and O–H groups in total. The van der Waals surface area contributed by atoms with Gasteiger partial charge in [-0.15, -0.1) is 0 Å². The molecule has 2 heterocycles. The minimum absolute atomic E-state index is 1.10.